The van der Waals surface area contributed by atoms with Crippen LogP contribution >= 0.6 is 0 Å². The maximum atomic E-state index is 14.0. The highest BCUT2D eigenvalue weighted by Crippen LogP contribution is 2.40. The Bertz CT molecular complexity index is 1260. The second kappa shape index (κ2) is 12.5. The van der Waals surface area contributed by atoms with Crippen molar-refractivity contribution in [1.29, 1.82) is 0 Å². The number of ether oxygens (including phenoxy) is 1. The SMILES string of the molecule is COc1cccc(N)c1C(=O)N[C@H]1CCN(C(C)CC(C(=O)N(C)C)(c2ccccc2)c2ccccc2)C[C@@H]1O. The number of hydrogen-bond donors (Lipinski definition) is 3. The molecule has 0 aromatic heterocycles. The van der Waals surface area contributed by atoms with Gasteiger partial charge in [-0.1, -0.05) is 66.7 Å². The summed E-state index contributed by atoms with van der Waals surface area (Å²) in [5.74, 6) is 0.0277. The zero-order valence-electron chi connectivity index (χ0n) is 23.7. The molecule has 1 heterocycles. The first-order valence-electron chi connectivity index (χ1n) is 13.7. The summed E-state index contributed by atoms with van der Waals surface area (Å²) < 4.78 is 5.32. The van der Waals surface area contributed by atoms with E-state index in [1.165, 1.54) is 7.11 Å². The molecule has 0 aliphatic carbocycles. The van der Waals surface area contributed by atoms with Crippen LogP contribution in [-0.4, -0.2) is 79.2 Å². The summed E-state index contributed by atoms with van der Waals surface area (Å²) in [6, 6.07) is 24.4. The number of aliphatic hydroxyl groups is 1. The van der Waals surface area contributed by atoms with Gasteiger partial charge in [-0.2, -0.15) is 0 Å². The molecule has 3 aromatic carbocycles. The lowest BCUT2D eigenvalue weighted by Crippen LogP contribution is -2.57. The molecule has 2 amide bonds. The number of rotatable bonds is 9. The number of likely N-dealkylation sites (tertiary alicyclic amines) is 1. The first kappa shape index (κ1) is 29.1. The number of amides is 2. The number of anilines is 1. The van der Waals surface area contributed by atoms with Crippen LogP contribution in [0.25, 0.3) is 0 Å². The molecule has 0 bridgehead atoms. The number of carbonyl (C=O) groups is 2. The lowest BCUT2D eigenvalue weighted by Gasteiger charge is -2.44. The van der Waals surface area contributed by atoms with Gasteiger partial charge in [0, 0.05) is 38.9 Å². The monoisotopic (exact) mass is 544 g/mol. The van der Waals surface area contributed by atoms with E-state index in [0.717, 1.165) is 11.1 Å². The smallest absolute Gasteiger partial charge is 0.257 e. The van der Waals surface area contributed by atoms with Gasteiger partial charge in [0.2, 0.25) is 5.91 Å². The molecule has 1 fully saturated rings. The van der Waals surface area contributed by atoms with Gasteiger partial charge in [0.1, 0.15) is 16.7 Å². The molecule has 1 aliphatic heterocycles. The van der Waals surface area contributed by atoms with Crippen LogP contribution < -0.4 is 15.8 Å². The van der Waals surface area contributed by atoms with Crippen molar-refractivity contribution in [3.8, 4) is 5.75 Å². The summed E-state index contributed by atoms with van der Waals surface area (Å²) in [5.41, 5.74) is 7.62. The van der Waals surface area contributed by atoms with Gasteiger partial charge in [0.05, 0.1) is 19.3 Å². The fourth-order valence-corrected chi connectivity index (χ4v) is 5.86. The van der Waals surface area contributed by atoms with Crippen molar-refractivity contribution in [1.82, 2.24) is 15.1 Å². The van der Waals surface area contributed by atoms with Crippen LogP contribution in [0.15, 0.2) is 78.9 Å². The number of benzene rings is 3. The fourth-order valence-electron chi connectivity index (χ4n) is 5.86. The lowest BCUT2D eigenvalue weighted by molar-refractivity contribution is -0.134. The minimum atomic E-state index is -0.900. The highest BCUT2D eigenvalue weighted by atomic mass is 16.5. The number of likely N-dealkylation sites (N-methyl/N-ethyl adjacent to an activating group) is 1. The maximum absolute atomic E-state index is 14.0. The predicted octanol–water partition coefficient (Wildman–Crippen LogP) is 3.30. The molecule has 1 saturated heterocycles. The molecule has 0 radical (unpaired) electrons. The molecule has 3 aromatic rings. The Kier molecular flexibility index (Phi) is 9.12. The van der Waals surface area contributed by atoms with Crippen molar-refractivity contribution in [2.24, 2.45) is 0 Å². The van der Waals surface area contributed by atoms with E-state index in [0.29, 0.717) is 37.4 Å². The molecule has 212 valence electrons. The van der Waals surface area contributed by atoms with Crippen LogP contribution in [-0.2, 0) is 10.2 Å². The van der Waals surface area contributed by atoms with Crippen molar-refractivity contribution >= 4 is 17.5 Å². The zero-order chi connectivity index (χ0) is 28.9. The third-order valence-corrected chi connectivity index (χ3v) is 7.96. The quantitative estimate of drug-likeness (QED) is 0.357. The lowest BCUT2D eigenvalue weighted by atomic mass is 9.69. The summed E-state index contributed by atoms with van der Waals surface area (Å²) >= 11 is 0. The topological polar surface area (TPSA) is 108 Å². The molecular weight excluding hydrogens is 504 g/mol. The largest absolute Gasteiger partial charge is 0.496 e. The molecule has 4 rings (SSSR count). The number of nitrogens with one attached hydrogen (secondary N) is 1. The summed E-state index contributed by atoms with van der Waals surface area (Å²) in [4.78, 5) is 31.0. The van der Waals surface area contributed by atoms with Gasteiger partial charge < -0.3 is 25.8 Å². The van der Waals surface area contributed by atoms with Crippen LogP contribution in [0.3, 0.4) is 0 Å². The van der Waals surface area contributed by atoms with Gasteiger partial charge >= 0.3 is 0 Å². The highest BCUT2D eigenvalue weighted by molar-refractivity contribution is 6.02. The summed E-state index contributed by atoms with van der Waals surface area (Å²) in [5, 5.41) is 14.1. The minimum absolute atomic E-state index is 0.00819. The Hall–Kier alpha value is -3.88. The molecule has 1 aliphatic rings. The second-order valence-corrected chi connectivity index (χ2v) is 10.7. The van der Waals surface area contributed by atoms with Crippen molar-refractivity contribution in [2.45, 2.75) is 43.4 Å². The Balaban J connectivity index is 1.55. The van der Waals surface area contributed by atoms with Crippen molar-refractivity contribution < 1.29 is 19.4 Å². The Morgan fingerprint density at radius 2 is 1.65 bits per heavy atom. The summed E-state index contributed by atoms with van der Waals surface area (Å²) in [6.07, 6.45) is 0.292. The number of piperidine rings is 1. The molecule has 40 heavy (non-hydrogen) atoms. The van der Waals surface area contributed by atoms with Gasteiger partial charge in [-0.25, -0.2) is 0 Å². The minimum Gasteiger partial charge on any atom is -0.496 e. The Morgan fingerprint density at radius 1 is 1.05 bits per heavy atom. The molecular formula is C32H40N4O4. The standard InChI is InChI=1S/C32H40N4O4/c1-22(20-32(31(39)35(2)3,23-12-7-5-8-13-23)24-14-9-6-10-15-24)36-19-18-26(27(37)21-36)34-30(38)29-25(33)16-11-17-28(29)40-4/h5-17,22,26-27,37H,18-21,33H2,1-4H3,(H,34,38)/t22?,26-,27-/m0/s1. The molecule has 0 saturated carbocycles. The number of nitrogens with two attached hydrogens (primary N) is 1. The van der Waals surface area contributed by atoms with Crippen LogP contribution in [0, 0.1) is 0 Å². The number of nitrogen functional groups attached to an aromatic ring is 1. The van der Waals surface area contributed by atoms with Crippen LogP contribution in [0.2, 0.25) is 0 Å². The van der Waals surface area contributed by atoms with E-state index >= 15 is 0 Å². The zero-order valence-corrected chi connectivity index (χ0v) is 23.7. The number of β-amino-alcohol motifs (C(OH)–C–C–N with tert-alkyl or cyclic N) is 1. The normalized spacial score (nSPS) is 18.5. The average molecular weight is 545 g/mol. The van der Waals surface area contributed by atoms with Gasteiger partial charge in [0.15, 0.2) is 0 Å². The van der Waals surface area contributed by atoms with E-state index in [9.17, 15) is 14.7 Å². The van der Waals surface area contributed by atoms with E-state index in [1.54, 1.807) is 37.2 Å². The fraction of sp³-hybridized carbons (Fsp3) is 0.375. The number of hydrogen-bond acceptors (Lipinski definition) is 6. The number of nitrogens with zero attached hydrogens (tertiary/aromatic N) is 2. The summed E-state index contributed by atoms with van der Waals surface area (Å²) in [6.45, 7) is 3.12. The van der Waals surface area contributed by atoms with E-state index in [1.807, 2.05) is 60.7 Å². The second-order valence-electron chi connectivity index (χ2n) is 10.7. The highest BCUT2D eigenvalue weighted by Gasteiger charge is 2.45. The molecule has 1 unspecified atom stereocenters. The number of carbonyl (C=O) groups excluding carboxylic acids is 2. The Labute approximate surface area is 236 Å². The molecule has 3 atom stereocenters. The maximum Gasteiger partial charge on any atom is 0.257 e. The average Bonchev–Trinajstić information content (AvgIpc) is 2.97. The van der Waals surface area contributed by atoms with E-state index < -0.39 is 17.6 Å². The third kappa shape index (κ3) is 5.83. The van der Waals surface area contributed by atoms with Crippen LogP contribution in [0.5, 0.6) is 5.75 Å². The van der Waals surface area contributed by atoms with Crippen LogP contribution in [0.1, 0.15) is 41.3 Å². The molecule has 8 heteroatoms. The van der Waals surface area contributed by atoms with Crippen molar-refractivity contribution in [2.75, 3.05) is 40.0 Å². The first-order valence-corrected chi connectivity index (χ1v) is 13.7. The third-order valence-electron chi connectivity index (χ3n) is 7.96. The van der Waals surface area contributed by atoms with Crippen molar-refractivity contribution in [3.05, 3.63) is 95.6 Å². The first-order chi connectivity index (χ1) is 19.2. The molecule has 4 N–H and O–H groups in total. The number of methoxy groups -OCH3 is 1. The van der Waals surface area contributed by atoms with Gasteiger partial charge in [-0.15, -0.1) is 0 Å². The van der Waals surface area contributed by atoms with Gasteiger partial charge in [-0.05, 0) is 43.0 Å². The number of aliphatic hydroxyl groups excluding tert-OH is 1. The molecule has 8 nitrogen and oxygen atoms in total. The van der Waals surface area contributed by atoms with Crippen LogP contribution in [0.4, 0.5) is 5.69 Å². The van der Waals surface area contributed by atoms with E-state index in [-0.39, 0.29) is 23.4 Å². The van der Waals surface area contributed by atoms with E-state index in [4.69, 9.17) is 10.5 Å². The van der Waals surface area contributed by atoms with Crippen molar-refractivity contribution in [3.63, 3.8) is 0 Å². The predicted molar refractivity (Wildman–Crippen MR) is 157 cm³/mol. The van der Waals surface area contributed by atoms with E-state index in [2.05, 4.69) is 17.1 Å². The summed E-state index contributed by atoms with van der Waals surface area (Å²) in [7, 11) is 5.08. The Morgan fingerprint density at radius 3 is 2.17 bits per heavy atom. The van der Waals surface area contributed by atoms with Gasteiger partial charge in [0.25, 0.3) is 5.91 Å². The van der Waals surface area contributed by atoms with Gasteiger partial charge in [-0.3, -0.25) is 14.5 Å². The molecule has 0 spiro atoms.